The molecule has 0 fully saturated rings. The summed E-state index contributed by atoms with van der Waals surface area (Å²) in [6.45, 7) is 11.2. The van der Waals surface area contributed by atoms with Gasteiger partial charge in [-0.05, 0) is 47.6 Å². The predicted molar refractivity (Wildman–Crippen MR) is 109 cm³/mol. The predicted octanol–water partition coefficient (Wildman–Crippen LogP) is 6.60. The normalized spacial score (nSPS) is 17.2. The summed E-state index contributed by atoms with van der Waals surface area (Å²) in [5.41, 5.74) is 6.32. The topological polar surface area (TPSA) is 3.24 Å². The van der Waals surface area contributed by atoms with Gasteiger partial charge in [-0.1, -0.05) is 82.0 Å². The summed E-state index contributed by atoms with van der Waals surface area (Å²) in [6.07, 6.45) is 10.4. The van der Waals surface area contributed by atoms with Gasteiger partial charge in [0.05, 0.1) is 0 Å². The summed E-state index contributed by atoms with van der Waals surface area (Å²) >= 11 is 0. The molecule has 0 atom stereocenters. The zero-order valence-corrected chi connectivity index (χ0v) is 15.5. The smallest absolute Gasteiger partial charge is 0.0496 e. The van der Waals surface area contributed by atoms with Crippen LogP contribution in [0.4, 0.5) is 11.4 Å². The van der Waals surface area contributed by atoms with Crippen LogP contribution >= 0.6 is 0 Å². The van der Waals surface area contributed by atoms with Gasteiger partial charge in [-0.15, -0.1) is 0 Å². The van der Waals surface area contributed by atoms with E-state index in [0.717, 1.165) is 18.5 Å². The Labute approximate surface area is 152 Å². The molecule has 0 amide bonds. The molecule has 1 nitrogen and oxygen atoms in total. The van der Waals surface area contributed by atoms with Crippen molar-refractivity contribution >= 4 is 11.4 Å². The highest BCUT2D eigenvalue weighted by Gasteiger charge is 2.20. The van der Waals surface area contributed by atoms with Crippen molar-refractivity contribution in [2.24, 2.45) is 5.41 Å². The number of para-hydroxylation sites is 2. The Kier molecular flexibility index (Phi) is 4.94. The van der Waals surface area contributed by atoms with Crippen LogP contribution in [0, 0.1) is 5.41 Å². The monoisotopic (exact) mass is 329 g/mol. The van der Waals surface area contributed by atoms with E-state index in [-0.39, 0.29) is 5.41 Å². The van der Waals surface area contributed by atoms with E-state index in [1.807, 2.05) is 0 Å². The molecular formula is C24H27N. The fourth-order valence-electron chi connectivity index (χ4n) is 3.31. The van der Waals surface area contributed by atoms with Gasteiger partial charge < -0.3 is 4.90 Å². The van der Waals surface area contributed by atoms with Crippen LogP contribution in [0.3, 0.4) is 0 Å². The standard InChI is InChI=1S/C24H27N/c1-19-12-6-5-7-13-20-14-8-10-16-22(20)25(19)23-17-11-9-15-21(23)18-24(2,3)4/h5-12,14-17H,1,13,18H2,2-4H3/b7-5-,12-6-. The lowest BCUT2D eigenvalue weighted by Gasteiger charge is -2.31. The Morgan fingerprint density at radius 1 is 0.920 bits per heavy atom. The number of fused-ring (bicyclic) bond motifs is 1. The van der Waals surface area contributed by atoms with Crippen molar-refractivity contribution in [2.75, 3.05) is 4.90 Å². The Hall–Kier alpha value is -2.54. The summed E-state index contributed by atoms with van der Waals surface area (Å²) < 4.78 is 0. The molecule has 0 aliphatic carbocycles. The molecule has 1 heterocycles. The minimum absolute atomic E-state index is 0.230. The van der Waals surface area contributed by atoms with Crippen molar-refractivity contribution in [3.05, 3.63) is 96.2 Å². The highest BCUT2D eigenvalue weighted by Crippen LogP contribution is 2.37. The van der Waals surface area contributed by atoms with Gasteiger partial charge in [0.15, 0.2) is 0 Å². The van der Waals surface area contributed by atoms with Gasteiger partial charge in [0.2, 0.25) is 0 Å². The van der Waals surface area contributed by atoms with E-state index in [2.05, 4.69) is 105 Å². The van der Waals surface area contributed by atoms with Gasteiger partial charge in [0.25, 0.3) is 0 Å². The van der Waals surface area contributed by atoms with Crippen molar-refractivity contribution < 1.29 is 0 Å². The molecule has 0 saturated carbocycles. The van der Waals surface area contributed by atoms with Gasteiger partial charge in [0, 0.05) is 17.1 Å². The Morgan fingerprint density at radius 2 is 1.60 bits per heavy atom. The molecule has 0 N–H and O–H groups in total. The molecule has 1 heteroatoms. The van der Waals surface area contributed by atoms with Crippen LogP contribution in [0.5, 0.6) is 0 Å². The van der Waals surface area contributed by atoms with E-state index >= 15 is 0 Å². The van der Waals surface area contributed by atoms with E-state index in [0.29, 0.717) is 0 Å². The lowest BCUT2D eigenvalue weighted by molar-refractivity contribution is 0.411. The fourth-order valence-corrected chi connectivity index (χ4v) is 3.31. The largest absolute Gasteiger partial charge is 0.311 e. The second-order valence-corrected chi connectivity index (χ2v) is 7.81. The first-order chi connectivity index (χ1) is 12.0. The number of hydrogen-bond acceptors (Lipinski definition) is 1. The second-order valence-electron chi connectivity index (χ2n) is 7.81. The number of hydrogen-bond donors (Lipinski definition) is 0. The quantitative estimate of drug-likeness (QED) is 0.600. The van der Waals surface area contributed by atoms with Crippen LogP contribution in [-0.2, 0) is 12.8 Å². The van der Waals surface area contributed by atoms with Crippen LogP contribution in [0.25, 0.3) is 0 Å². The van der Waals surface area contributed by atoms with Crippen LogP contribution < -0.4 is 4.90 Å². The molecule has 0 saturated heterocycles. The zero-order chi connectivity index (χ0) is 17.9. The number of anilines is 2. The average Bonchev–Trinajstić information content (AvgIpc) is 2.63. The summed E-state index contributed by atoms with van der Waals surface area (Å²) in [7, 11) is 0. The molecule has 0 radical (unpaired) electrons. The maximum atomic E-state index is 4.36. The molecular weight excluding hydrogens is 302 g/mol. The van der Waals surface area contributed by atoms with Crippen LogP contribution in [0.2, 0.25) is 0 Å². The molecule has 3 rings (SSSR count). The van der Waals surface area contributed by atoms with E-state index in [1.54, 1.807) is 0 Å². The van der Waals surface area contributed by atoms with Crippen molar-refractivity contribution in [1.82, 2.24) is 0 Å². The fraction of sp³-hybridized carbons (Fsp3) is 0.250. The zero-order valence-electron chi connectivity index (χ0n) is 15.5. The van der Waals surface area contributed by atoms with Crippen molar-refractivity contribution in [2.45, 2.75) is 33.6 Å². The number of rotatable bonds is 2. The molecule has 1 aliphatic rings. The average molecular weight is 329 g/mol. The number of benzene rings is 2. The second kappa shape index (κ2) is 7.14. The van der Waals surface area contributed by atoms with Crippen molar-refractivity contribution in [1.29, 1.82) is 0 Å². The molecule has 0 spiro atoms. The highest BCUT2D eigenvalue weighted by molar-refractivity contribution is 5.75. The third-order valence-electron chi connectivity index (χ3n) is 4.35. The van der Waals surface area contributed by atoms with Crippen LogP contribution in [-0.4, -0.2) is 0 Å². The van der Waals surface area contributed by atoms with Crippen molar-refractivity contribution in [3.63, 3.8) is 0 Å². The summed E-state index contributed by atoms with van der Waals surface area (Å²) in [4.78, 5) is 2.31. The molecule has 0 unspecified atom stereocenters. The lowest BCUT2D eigenvalue weighted by atomic mass is 9.87. The summed E-state index contributed by atoms with van der Waals surface area (Å²) in [6, 6.07) is 17.3. The van der Waals surface area contributed by atoms with E-state index < -0.39 is 0 Å². The Morgan fingerprint density at radius 3 is 2.36 bits per heavy atom. The molecule has 1 aliphatic heterocycles. The molecule has 2 aromatic carbocycles. The molecule has 2 aromatic rings. The van der Waals surface area contributed by atoms with Gasteiger partial charge in [-0.25, -0.2) is 0 Å². The first kappa shape index (κ1) is 17.3. The van der Waals surface area contributed by atoms with E-state index in [4.69, 9.17) is 0 Å². The Bertz CT molecular complexity index is 818. The minimum atomic E-state index is 0.230. The van der Waals surface area contributed by atoms with Gasteiger partial charge >= 0.3 is 0 Å². The third-order valence-corrected chi connectivity index (χ3v) is 4.35. The van der Waals surface area contributed by atoms with Crippen LogP contribution in [0.1, 0.15) is 31.9 Å². The van der Waals surface area contributed by atoms with E-state index in [1.165, 1.54) is 22.5 Å². The number of nitrogens with zero attached hydrogens (tertiary/aromatic N) is 1. The molecule has 128 valence electrons. The van der Waals surface area contributed by atoms with Crippen molar-refractivity contribution in [3.8, 4) is 0 Å². The summed E-state index contributed by atoms with van der Waals surface area (Å²) in [5, 5.41) is 0. The van der Waals surface area contributed by atoms with E-state index in [9.17, 15) is 0 Å². The maximum absolute atomic E-state index is 4.36. The first-order valence-electron chi connectivity index (χ1n) is 8.94. The highest BCUT2D eigenvalue weighted by atomic mass is 15.1. The van der Waals surface area contributed by atoms with Gasteiger partial charge in [-0.3, -0.25) is 0 Å². The lowest BCUT2D eigenvalue weighted by Crippen LogP contribution is -2.19. The van der Waals surface area contributed by atoms with Gasteiger partial charge in [-0.2, -0.15) is 0 Å². The maximum Gasteiger partial charge on any atom is 0.0496 e. The Balaban J connectivity index is 2.17. The first-order valence-corrected chi connectivity index (χ1v) is 8.94. The summed E-state index contributed by atoms with van der Waals surface area (Å²) in [5.74, 6) is 0. The van der Waals surface area contributed by atoms with Crippen LogP contribution in [0.15, 0.2) is 85.1 Å². The SMILES string of the molecule is C=C1/C=C\C=C/Cc2ccccc2N1c1ccccc1CC(C)(C)C. The minimum Gasteiger partial charge on any atom is -0.311 e. The molecule has 0 aromatic heterocycles. The third kappa shape index (κ3) is 4.11. The molecule has 0 bridgehead atoms. The number of allylic oxidation sites excluding steroid dienone is 4. The van der Waals surface area contributed by atoms with Gasteiger partial charge in [0.1, 0.15) is 0 Å². The molecule has 25 heavy (non-hydrogen) atoms.